The molecule has 0 aliphatic carbocycles. The van der Waals surface area contributed by atoms with Gasteiger partial charge in [-0.25, -0.2) is 0 Å². The lowest BCUT2D eigenvalue weighted by molar-refractivity contribution is -0.121. The van der Waals surface area contributed by atoms with Gasteiger partial charge in [0.25, 0.3) is 0 Å². The number of hydrogen-bond acceptors (Lipinski definition) is 3. The third-order valence-electron chi connectivity index (χ3n) is 3.19. The molecule has 0 saturated carbocycles. The van der Waals surface area contributed by atoms with E-state index >= 15 is 0 Å². The molecule has 3 nitrogen and oxygen atoms in total. The van der Waals surface area contributed by atoms with Crippen LogP contribution < -0.4 is 10.1 Å². The Kier molecular flexibility index (Phi) is 5.18. The van der Waals surface area contributed by atoms with Crippen LogP contribution in [0.4, 0.5) is 0 Å². The molecule has 0 unspecified atom stereocenters. The van der Waals surface area contributed by atoms with Gasteiger partial charge < -0.3 is 10.1 Å². The Balaban J connectivity index is 1.78. The molecule has 106 valence electrons. The number of aryl methyl sites for hydroxylation is 2. The quantitative estimate of drug-likeness (QED) is 0.886. The van der Waals surface area contributed by atoms with E-state index in [4.69, 9.17) is 4.74 Å². The summed E-state index contributed by atoms with van der Waals surface area (Å²) in [6.07, 6.45) is 1.23. The van der Waals surface area contributed by atoms with Gasteiger partial charge in [-0.3, -0.25) is 4.79 Å². The fourth-order valence-electron chi connectivity index (χ4n) is 1.94. The highest BCUT2D eigenvalue weighted by atomic mass is 32.1. The lowest BCUT2D eigenvalue weighted by Gasteiger charge is -2.06. The van der Waals surface area contributed by atoms with Crippen molar-refractivity contribution in [1.29, 1.82) is 0 Å². The lowest BCUT2D eigenvalue weighted by atomic mass is 10.1. The second-order valence-electron chi connectivity index (χ2n) is 4.66. The second-order valence-corrected chi connectivity index (χ2v) is 5.66. The molecule has 0 bridgehead atoms. The summed E-state index contributed by atoms with van der Waals surface area (Å²) < 4.78 is 5.17. The van der Waals surface area contributed by atoms with E-state index in [1.165, 1.54) is 10.4 Å². The lowest BCUT2D eigenvalue weighted by Crippen LogP contribution is -2.22. The third-order valence-corrected chi connectivity index (χ3v) is 4.21. The third kappa shape index (κ3) is 4.10. The van der Waals surface area contributed by atoms with Gasteiger partial charge in [0.2, 0.25) is 5.91 Å². The first kappa shape index (κ1) is 14.6. The normalized spacial score (nSPS) is 10.3. The topological polar surface area (TPSA) is 38.3 Å². The minimum atomic E-state index is 0.0839. The van der Waals surface area contributed by atoms with Crippen LogP contribution in [-0.4, -0.2) is 13.0 Å². The molecule has 0 spiro atoms. The standard InChI is InChI=1S/C16H19NO2S/c1-12-8-9-20-15(12)11-17-16(18)7-6-13-4-3-5-14(10-13)19-2/h3-5,8-10H,6-7,11H2,1-2H3,(H,17,18). The Morgan fingerprint density at radius 1 is 1.35 bits per heavy atom. The zero-order chi connectivity index (χ0) is 14.4. The average Bonchev–Trinajstić information content (AvgIpc) is 2.88. The molecule has 0 fully saturated rings. The van der Waals surface area contributed by atoms with E-state index in [0.29, 0.717) is 13.0 Å². The van der Waals surface area contributed by atoms with Crippen LogP contribution in [0.15, 0.2) is 35.7 Å². The van der Waals surface area contributed by atoms with E-state index in [0.717, 1.165) is 17.7 Å². The first-order chi connectivity index (χ1) is 9.69. The molecule has 20 heavy (non-hydrogen) atoms. The van der Waals surface area contributed by atoms with Crippen molar-refractivity contribution in [2.45, 2.75) is 26.3 Å². The summed E-state index contributed by atoms with van der Waals surface area (Å²) in [5.74, 6) is 0.915. The van der Waals surface area contributed by atoms with E-state index in [9.17, 15) is 4.79 Å². The zero-order valence-corrected chi connectivity index (χ0v) is 12.6. The molecule has 0 aliphatic heterocycles. The highest BCUT2D eigenvalue weighted by Gasteiger charge is 2.05. The minimum Gasteiger partial charge on any atom is -0.497 e. The molecular formula is C16H19NO2S. The number of methoxy groups -OCH3 is 1. The number of rotatable bonds is 6. The second kappa shape index (κ2) is 7.10. The smallest absolute Gasteiger partial charge is 0.220 e. The molecule has 1 heterocycles. The van der Waals surface area contributed by atoms with Gasteiger partial charge in [-0.15, -0.1) is 11.3 Å². The SMILES string of the molecule is COc1cccc(CCC(=O)NCc2sccc2C)c1. The van der Waals surface area contributed by atoms with Crippen molar-refractivity contribution in [2.24, 2.45) is 0 Å². The van der Waals surface area contributed by atoms with Gasteiger partial charge in [-0.2, -0.15) is 0 Å². The van der Waals surface area contributed by atoms with Crippen LogP contribution in [0, 0.1) is 6.92 Å². The zero-order valence-electron chi connectivity index (χ0n) is 11.8. The Morgan fingerprint density at radius 3 is 2.90 bits per heavy atom. The van der Waals surface area contributed by atoms with Gasteiger partial charge in [0, 0.05) is 11.3 Å². The van der Waals surface area contributed by atoms with Gasteiger partial charge in [-0.1, -0.05) is 12.1 Å². The maximum Gasteiger partial charge on any atom is 0.220 e. The maximum atomic E-state index is 11.8. The Labute approximate surface area is 123 Å². The van der Waals surface area contributed by atoms with Crippen LogP contribution in [-0.2, 0) is 17.8 Å². The van der Waals surface area contributed by atoms with Crippen LogP contribution in [0.25, 0.3) is 0 Å². The molecule has 0 aliphatic rings. The van der Waals surface area contributed by atoms with Crippen LogP contribution in [0.3, 0.4) is 0 Å². The number of carbonyl (C=O) groups excluding carboxylic acids is 1. The van der Waals surface area contributed by atoms with Gasteiger partial charge in [0.05, 0.1) is 13.7 Å². The maximum absolute atomic E-state index is 11.8. The van der Waals surface area contributed by atoms with Crippen molar-refractivity contribution >= 4 is 17.2 Å². The van der Waals surface area contributed by atoms with Crippen molar-refractivity contribution < 1.29 is 9.53 Å². The van der Waals surface area contributed by atoms with E-state index in [-0.39, 0.29) is 5.91 Å². The molecule has 1 aromatic carbocycles. The Hall–Kier alpha value is -1.81. The number of nitrogens with one attached hydrogen (secondary N) is 1. The number of amides is 1. The van der Waals surface area contributed by atoms with Crippen molar-refractivity contribution in [3.63, 3.8) is 0 Å². The molecule has 0 atom stereocenters. The number of carbonyl (C=O) groups is 1. The van der Waals surface area contributed by atoms with Crippen LogP contribution in [0.5, 0.6) is 5.75 Å². The number of ether oxygens (including phenoxy) is 1. The van der Waals surface area contributed by atoms with E-state index < -0.39 is 0 Å². The van der Waals surface area contributed by atoms with Crippen LogP contribution in [0.2, 0.25) is 0 Å². The van der Waals surface area contributed by atoms with Crippen molar-refractivity contribution in [2.75, 3.05) is 7.11 Å². The minimum absolute atomic E-state index is 0.0839. The number of hydrogen-bond donors (Lipinski definition) is 1. The summed E-state index contributed by atoms with van der Waals surface area (Å²) in [5.41, 5.74) is 2.36. The van der Waals surface area contributed by atoms with Gasteiger partial charge in [0.1, 0.15) is 5.75 Å². The molecule has 1 N–H and O–H groups in total. The summed E-state index contributed by atoms with van der Waals surface area (Å²) >= 11 is 1.68. The molecule has 1 amide bonds. The predicted octanol–water partition coefficient (Wildman–Crippen LogP) is 3.31. The fraction of sp³-hybridized carbons (Fsp3) is 0.312. The average molecular weight is 289 g/mol. The van der Waals surface area contributed by atoms with Gasteiger partial charge in [-0.05, 0) is 48.1 Å². The number of benzene rings is 1. The van der Waals surface area contributed by atoms with Crippen molar-refractivity contribution in [3.05, 3.63) is 51.7 Å². The first-order valence-corrected chi connectivity index (χ1v) is 7.49. The summed E-state index contributed by atoms with van der Waals surface area (Å²) in [7, 11) is 1.65. The Morgan fingerprint density at radius 2 is 2.20 bits per heavy atom. The highest BCUT2D eigenvalue weighted by Crippen LogP contribution is 2.16. The van der Waals surface area contributed by atoms with Crippen LogP contribution >= 0.6 is 11.3 Å². The Bertz CT molecular complexity index is 577. The van der Waals surface area contributed by atoms with Crippen LogP contribution in [0.1, 0.15) is 22.4 Å². The molecular weight excluding hydrogens is 270 g/mol. The monoisotopic (exact) mass is 289 g/mol. The molecule has 2 aromatic rings. The molecule has 2 rings (SSSR count). The first-order valence-electron chi connectivity index (χ1n) is 6.61. The van der Waals surface area contributed by atoms with Crippen molar-refractivity contribution in [1.82, 2.24) is 5.32 Å². The van der Waals surface area contributed by atoms with Gasteiger partial charge >= 0.3 is 0 Å². The predicted molar refractivity (Wildman–Crippen MR) is 82.2 cm³/mol. The van der Waals surface area contributed by atoms with E-state index in [1.807, 2.05) is 29.6 Å². The van der Waals surface area contributed by atoms with Gasteiger partial charge in [0.15, 0.2) is 0 Å². The van der Waals surface area contributed by atoms with E-state index in [2.05, 4.69) is 18.3 Å². The molecule has 4 heteroatoms. The summed E-state index contributed by atoms with van der Waals surface area (Å²) in [6, 6.07) is 9.91. The number of thiophene rings is 1. The molecule has 1 aromatic heterocycles. The fourth-order valence-corrected chi connectivity index (χ4v) is 2.78. The summed E-state index contributed by atoms with van der Waals surface area (Å²) in [5, 5.41) is 5.01. The van der Waals surface area contributed by atoms with E-state index in [1.54, 1.807) is 18.4 Å². The highest BCUT2D eigenvalue weighted by molar-refractivity contribution is 7.10. The molecule has 0 radical (unpaired) electrons. The van der Waals surface area contributed by atoms with Crippen molar-refractivity contribution in [3.8, 4) is 5.75 Å². The molecule has 0 saturated heterocycles. The largest absolute Gasteiger partial charge is 0.497 e. The summed E-state index contributed by atoms with van der Waals surface area (Å²) in [4.78, 5) is 13.1. The summed E-state index contributed by atoms with van der Waals surface area (Å²) in [6.45, 7) is 2.69.